The molecule has 3 aliphatic rings. The van der Waals surface area contributed by atoms with E-state index in [0.29, 0.717) is 44.1 Å². The lowest BCUT2D eigenvalue weighted by Crippen LogP contribution is -2.47. The van der Waals surface area contributed by atoms with E-state index in [1.807, 2.05) is 24.3 Å². The Hall–Kier alpha value is -1.83. The van der Waals surface area contributed by atoms with Crippen LogP contribution in [0.15, 0.2) is 40.1 Å². The number of likely N-dealkylation sites (tertiary alicyclic amines) is 1. The van der Waals surface area contributed by atoms with Gasteiger partial charge >= 0.3 is 0 Å². The number of benzene rings is 1. The maximum absolute atomic E-state index is 12.5. The molecule has 0 bridgehead atoms. The Morgan fingerprint density at radius 2 is 1.92 bits per heavy atom. The second-order valence-corrected chi connectivity index (χ2v) is 7.08. The number of hydrogen-bond donors (Lipinski definition) is 1. The first-order valence-electron chi connectivity index (χ1n) is 8.02. The minimum absolute atomic E-state index is 0.139. The molecule has 24 heavy (non-hydrogen) atoms. The van der Waals surface area contributed by atoms with E-state index in [9.17, 15) is 9.59 Å². The van der Waals surface area contributed by atoms with Crippen LogP contribution < -0.4 is 5.32 Å². The zero-order chi connectivity index (χ0) is 16.6. The SMILES string of the molecule is O=C1Nc2ccccc2SC1=CC(=O)N1CCC2(CC1)OCCO2. The molecule has 0 aromatic heterocycles. The number of para-hydroxylation sites is 1. The van der Waals surface area contributed by atoms with Gasteiger partial charge in [-0.3, -0.25) is 9.59 Å². The Morgan fingerprint density at radius 3 is 2.67 bits per heavy atom. The summed E-state index contributed by atoms with van der Waals surface area (Å²) in [4.78, 5) is 27.8. The van der Waals surface area contributed by atoms with E-state index in [4.69, 9.17) is 9.47 Å². The summed E-state index contributed by atoms with van der Waals surface area (Å²) in [7, 11) is 0. The molecule has 2 amide bonds. The van der Waals surface area contributed by atoms with Crippen molar-refractivity contribution in [2.45, 2.75) is 23.5 Å². The number of nitrogens with zero attached hydrogens (tertiary/aromatic N) is 1. The molecule has 6 nitrogen and oxygen atoms in total. The molecule has 1 aromatic rings. The molecular weight excluding hydrogens is 328 g/mol. The largest absolute Gasteiger partial charge is 0.347 e. The van der Waals surface area contributed by atoms with Gasteiger partial charge in [0.2, 0.25) is 5.91 Å². The van der Waals surface area contributed by atoms with Crippen LogP contribution in [0.1, 0.15) is 12.8 Å². The smallest absolute Gasteiger partial charge is 0.262 e. The average molecular weight is 346 g/mol. The molecule has 0 aliphatic carbocycles. The topological polar surface area (TPSA) is 67.9 Å². The molecule has 1 N–H and O–H groups in total. The number of carbonyl (C=O) groups excluding carboxylic acids is 2. The number of thioether (sulfide) groups is 1. The number of hydrogen-bond acceptors (Lipinski definition) is 5. The molecule has 3 aliphatic heterocycles. The molecule has 0 saturated carbocycles. The van der Waals surface area contributed by atoms with E-state index in [1.165, 1.54) is 17.8 Å². The van der Waals surface area contributed by atoms with Gasteiger partial charge in [-0.1, -0.05) is 23.9 Å². The molecule has 3 heterocycles. The molecule has 4 rings (SSSR count). The van der Waals surface area contributed by atoms with Crippen molar-refractivity contribution in [2.24, 2.45) is 0 Å². The summed E-state index contributed by atoms with van der Waals surface area (Å²) in [6.07, 6.45) is 2.78. The summed E-state index contributed by atoms with van der Waals surface area (Å²) in [6.45, 7) is 2.39. The van der Waals surface area contributed by atoms with Gasteiger partial charge in [-0.05, 0) is 12.1 Å². The molecule has 0 unspecified atom stereocenters. The summed E-state index contributed by atoms with van der Waals surface area (Å²) in [5.41, 5.74) is 0.785. The van der Waals surface area contributed by atoms with Crippen molar-refractivity contribution in [3.8, 4) is 0 Å². The first-order chi connectivity index (χ1) is 11.7. The van der Waals surface area contributed by atoms with Crippen LogP contribution in [-0.4, -0.2) is 48.8 Å². The number of piperidine rings is 1. The molecular formula is C17H18N2O4S. The predicted molar refractivity (Wildman–Crippen MR) is 89.5 cm³/mol. The predicted octanol–water partition coefficient (Wildman–Crippen LogP) is 1.98. The van der Waals surface area contributed by atoms with Gasteiger partial charge in [0.05, 0.1) is 23.8 Å². The van der Waals surface area contributed by atoms with Gasteiger partial charge in [-0.25, -0.2) is 0 Å². The third-order valence-electron chi connectivity index (χ3n) is 4.48. The summed E-state index contributed by atoms with van der Waals surface area (Å²) < 4.78 is 11.3. The average Bonchev–Trinajstić information content (AvgIpc) is 3.04. The van der Waals surface area contributed by atoms with Crippen molar-refractivity contribution < 1.29 is 19.1 Å². The number of anilines is 1. The number of carbonyl (C=O) groups is 2. The van der Waals surface area contributed by atoms with Gasteiger partial charge in [-0.2, -0.15) is 0 Å². The highest BCUT2D eigenvalue weighted by Crippen LogP contribution is 2.38. The molecule has 1 aromatic carbocycles. The summed E-state index contributed by atoms with van der Waals surface area (Å²) in [5, 5.41) is 2.82. The van der Waals surface area contributed by atoms with Gasteiger partial charge in [0.1, 0.15) is 0 Å². The normalized spacial score (nSPS) is 24.1. The Morgan fingerprint density at radius 1 is 1.21 bits per heavy atom. The van der Waals surface area contributed by atoms with Crippen LogP contribution in [0.25, 0.3) is 0 Å². The van der Waals surface area contributed by atoms with Crippen molar-refractivity contribution in [3.63, 3.8) is 0 Å². The van der Waals surface area contributed by atoms with E-state index in [-0.39, 0.29) is 11.8 Å². The highest BCUT2D eigenvalue weighted by atomic mass is 32.2. The molecule has 2 fully saturated rings. The lowest BCUT2D eigenvalue weighted by molar-refractivity contribution is -0.186. The monoisotopic (exact) mass is 346 g/mol. The fraction of sp³-hybridized carbons (Fsp3) is 0.412. The zero-order valence-electron chi connectivity index (χ0n) is 13.1. The first kappa shape index (κ1) is 15.7. The lowest BCUT2D eigenvalue weighted by Gasteiger charge is -2.37. The van der Waals surface area contributed by atoms with Gasteiger partial charge in [0, 0.05) is 36.9 Å². The van der Waals surface area contributed by atoms with Gasteiger partial charge in [-0.15, -0.1) is 0 Å². The van der Waals surface area contributed by atoms with Crippen molar-refractivity contribution in [2.75, 3.05) is 31.6 Å². The van der Waals surface area contributed by atoms with Crippen LogP contribution in [-0.2, 0) is 19.1 Å². The maximum Gasteiger partial charge on any atom is 0.262 e. The Labute approximate surface area is 144 Å². The fourth-order valence-corrected chi connectivity index (χ4v) is 4.08. The third kappa shape index (κ3) is 2.94. The third-order valence-corrected chi connectivity index (χ3v) is 5.58. The van der Waals surface area contributed by atoms with Crippen molar-refractivity contribution in [1.29, 1.82) is 0 Å². The maximum atomic E-state index is 12.5. The number of rotatable bonds is 1. The van der Waals surface area contributed by atoms with Crippen LogP contribution in [0.2, 0.25) is 0 Å². The van der Waals surface area contributed by atoms with Crippen LogP contribution in [0.4, 0.5) is 5.69 Å². The highest BCUT2D eigenvalue weighted by molar-refractivity contribution is 8.04. The molecule has 0 atom stereocenters. The Bertz CT molecular complexity index is 702. The number of ether oxygens (including phenoxy) is 2. The first-order valence-corrected chi connectivity index (χ1v) is 8.84. The minimum atomic E-state index is -0.500. The van der Waals surface area contributed by atoms with Crippen molar-refractivity contribution in [1.82, 2.24) is 4.90 Å². The van der Waals surface area contributed by atoms with E-state index < -0.39 is 5.79 Å². The van der Waals surface area contributed by atoms with Gasteiger partial charge in [0.15, 0.2) is 5.79 Å². The molecule has 0 radical (unpaired) electrons. The van der Waals surface area contributed by atoms with Crippen LogP contribution in [0, 0.1) is 0 Å². The molecule has 7 heteroatoms. The van der Waals surface area contributed by atoms with Crippen molar-refractivity contribution >= 4 is 29.3 Å². The quantitative estimate of drug-likeness (QED) is 0.788. The minimum Gasteiger partial charge on any atom is -0.347 e. The molecule has 126 valence electrons. The standard InChI is InChI=1S/C17H18N2O4S/c20-15(19-7-5-17(6-8-19)22-9-10-23-17)11-14-16(21)18-12-3-1-2-4-13(12)24-14/h1-4,11H,5-10H2,(H,18,21). The van der Waals surface area contributed by atoms with Gasteiger partial charge in [0.25, 0.3) is 5.91 Å². The van der Waals surface area contributed by atoms with Crippen LogP contribution in [0.3, 0.4) is 0 Å². The molecule has 2 saturated heterocycles. The van der Waals surface area contributed by atoms with E-state index >= 15 is 0 Å². The second kappa shape index (κ2) is 6.23. The Kier molecular flexibility index (Phi) is 4.07. The lowest BCUT2D eigenvalue weighted by atomic mass is 10.0. The van der Waals surface area contributed by atoms with Gasteiger partial charge < -0.3 is 19.7 Å². The van der Waals surface area contributed by atoms with Crippen molar-refractivity contribution in [3.05, 3.63) is 35.2 Å². The Balaban J connectivity index is 1.44. The van der Waals surface area contributed by atoms with E-state index in [1.54, 1.807) is 4.90 Å². The highest BCUT2D eigenvalue weighted by Gasteiger charge is 2.40. The number of nitrogens with one attached hydrogen (secondary N) is 1. The second-order valence-electron chi connectivity index (χ2n) is 5.99. The molecule has 1 spiro atoms. The van der Waals surface area contributed by atoms with Crippen LogP contribution in [0.5, 0.6) is 0 Å². The number of amides is 2. The summed E-state index contributed by atoms with van der Waals surface area (Å²) in [6, 6.07) is 7.56. The zero-order valence-corrected chi connectivity index (χ0v) is 13.9. The fourth-order valence-electron chi connectivity index (χ4n) is 3.16. The van der Waals surface area contributed by atoms with E-state index in [2.05, 4.69) is 5.32 Å². The van der Waals surface area contributed by atoms with Crippen LogP contribution >= 0.6 is 11.8 Å². The summed E-state index contributed by atoms with van der Waals surface area (Å²) in [5.74, 6) is -0.873. The van der Waals surface area contributed by atoms with E-state index in [0.717, 1.165) is 10.6 Å². The summed E-state index contributed by atoms with van der Waals surface area (Å²) >= 11 is 1.33. The number of fused-ring (bicyclic) bond motifs is 1.